The summed E-state index contributed by atoms with van der Waals surface area (Å²) in [5.74, 6) is 0.160. The van der Waals surface area contributed by atoms with Crippen LogP contribution in [0.1, 0.15) is 33.6 Å². The third kappa shape index (κ3) is 13.7. The van der Waals surface area contributed by atoms with Gasteiger partial charge in [-0.3, -0.25) is 9.36 Å². The maximum Gasteiger partial charge on any atom is 0.410 e. The van der Waals surface area contributed by atoms with Gasteiger partial charge in [0.15, 0.2) is 0 Å². The Balaban J connectivity index is 0.000000237. The summed E-state index contributed by atoms with van der Waals surface area (Å²) in [4.78, 5) is 13.4. The molecule has 2 aromatic heterocycles. The number of hydrogen-bond donors (Lipinski definition) is 1. The number of ether oxygens (including phenoxy) is 5. The molecular weight excluding hydrogens is 918 g/mol. The van der Waals surface area contributed by atoms with E-state index in [1.807, 2.05) is 78.3 Å². The minimum atomic E-state index is -0.514. The highest BCUT2D eigenvalue weighted by Gasteiger charge is 2.20. The highest BCUT2D eigenvalue weighted by Crippen LogP contribution is 2.34. The number of carbonyl (C=O) groups excluding carboxylic acids is 1. The Hall–Kier alpha value is -4.61. The Morgan fingerprint density at radius 2 is 1.18 bits per heavy atom. The number of amides is 1. The molecule has 12 nitrogen and oxygen atoms in total. The molecule has 328 valence electrons. The largest absolute Gasteiger partial charge is 0.491 e. The second kappa shape index (κ2) is 22.5. The first kappa shape index (κ1) is 47.4. The predicted octanol–water partition coefficient (Wildman–Crippen LogP) is 9.94. The number of aryl methyl sites for hydroxylation is 2. The molecule has 1 N–H and O–H groups in total. The van der Waals surface area contributed by atoms with Crippen LogP contribution in [0.2, 0.25) is 0 Å². The van der Waals surface area contributed by atoms with Crippen molar-refractivity contribution in [3.63, 3.8) is 0 Å². The number of aromatic nitrogens is 4. The van der Waals surface area contributed by atoms with Crippen LogP contribution in [-0.2, 0) is 28.3 Å². The summed E-state index contributed by atoms with van der Waals surface area (Å²) >= 11 is 6.92. The fourth-order valence-corrected chi connectivity index (χ4v) is 6.94. The lowest BCUT2D eigenvalue weighted by molar-refractivity contribution is 0.0274. The van der Waals surface area contributed by atoms with Crippen LogP contribution >= 0.6 is 31.9 Å². The van der Waals surface area contributed by atoms with Crippen molar-refractivity contribution in [2.24, 2.45) is 14.1 Å². The highest BCUT2D eigenvalue weighted by molar-refractivity contribution is 9.10. The molecule has 2 heterocycles. The summed E-state index contributed by atoms with van der Waals surface area (Å²) in [5.41, 5.74) is 3.43. The Bertz CT molecular complexity index is 2380. The van der Waals surface area contributed by atoms with Crippen LogP contribution in [0, 0.1) is 11.6 Å². The van der Waals surface area contributed by atoms with E-state index in [0.29, 0.717) is 86.6 Å². The van der Waals surface area contributed by atoms with Crippen molar-refractivity contribution < 1.29 is 37.3 Å². The molecule has 0 saturated carbocycles. The van der Waals surface area contributed by atoms with Crippen molar-refractivity contribution in [1.82, 2.24) is 29.8 Å². The quantitative estimate of drug-likeness (QED) is 0.0842. The van der Waals surface area contributed by atoms with E-state index in [4.69, 9.17) is 23.7 Å². The van der Waals surface area contributed by atoms with Crippen LogP contribution in [0.4, 0.5) is 13.6 Å². The van der Waals surface area contributed by atoms with Gasteiger partial charge in [0.25, 0.3) is 0 Å². The number of carbonyl (C=O) groups is 1. The molecule has 61 heavy (non-hydrogen) atoms. The monoisotopic (exact) mass is 970 g/mol. The van der Waals surface area contributed by atoms with Gasteiger partial charge in [-0.25, -0.2) is 13.6 Å². The van der Waals surface area contributed by atoms with Gasteiger partial charge in [0, 0.05) is 83.9 Å². The van der Waals surface area contributed by atoms with Gasteiger partial charge in [0.05, 0.1) is 24.2 Å². The smallest absolute Gasteiger partial charge is 0.410 e. The zero-order chi connectivity index (χ0) is 44.1. The van der Waals surface area contributed by atoms with Gasteiger partial charge in [-0.1, -0.05) is 31.9 Å². The molecule has 0 spiro atoms. The maximum absolute atomic E-state index is 14.9. The first-order chi connectivity index (χ1) is 29.1. The zero-order valence-electron chi connectivity index (χ0n) is 35.7. The lowest BCUT2D eigenvalue weighted by Gasteiger charge is -2.24. The first-order valence-electron chi connectivity index (χ1n) is 20.0. The summed E-state index contributed by atoms with van der Waals surface area (Å²) in [6.07, 6.45) is 1.27. The summed E-state index contributed by atoms with van der Waals surface area (Å²) in [7, 11) is 7.30. The molecule has 0 unspecified atom stereocenters. The van der Waals surface area contributed by atoms with Gasteiger partial charge in [-0.2, -0.15) is 10.2 Å². The summed E-state index contributed by atoms with van der Waals surface area (Å²) in [6, 6.07) is 21.3. The number of hydrogen-bond acceptors (Lipinski definition) is 9. The molecule has 0 atom stereocenters. The van der Waals surface area contributed by atoms with Crippen molar-refractivity contribution in [1.29, 1.82) is 0 Å². The molecular formula is C45H54Br2F2N6O6. The number of benzene rings is 4. The van der Waals surface area contributed by atoms with Crippen molar-refractivity contribution in [2.75, 3.05) is 66.8 Å². The van der Waals surface area contributed by atoms with Crippen LogP contribution in [0.15, 0.2) is 81.7 Å². The van der Waals surface area contributed by atoms with Crippen LogP contribution in [0.5, 0.6) is 11.5 Å². The Labute approximate surface area is 372 Å². The van der Waals surface area contributed by atoms with Crippen molar-refractivity contribution >= 4 is 59.8 Å². The van der Waals surface area contributed by atoms with E-state index in [-0.39, 0.29) is 11.9 Å². The normalized spacial score (nSPS) is 11.5. The molecule has 6 rings (SSSR count). The van der Waals surface area contributed by atoms with Gasteiger partial charge in [-0.05, 0) is 108 Å². The van der Waals surface area contributed by atoms with Crippen LogP contribution < -0.4 is 14.8 Å². The number of halogens is 4. The van der Waals surface area contributed by atoms with E-state index in [9.17, 15) is 13.6 Å². The Morgan fingerprint density at radius 1 is 0.705 bits per heavy atom. The summed E-state index contributed by atoms with van der Waals surface area (Å²) in [5, 5.41) is 13.8. The SMILES string of the molecule is CN(CCCOCCOc1ccc(-c2nn(C)c3cc(Br)ccc23)c(F)c1)C(=O)OC(C)(C)C.CNCCCOCCOc1ccc(-c2nn(C)c3cc(Br)ccc23)c(F)c1. The minimum absolute atomic E-state index is 0.293. The van der Waals surface area contributed by atoms with Gasteiger partial charge in [0.2, 0.25) is 0 Å². The van der Waals surface area contributed by atoms with Gasteiger partial charge in [-0.15, -0.1) is 0 Å². The number of rotatable bonds is 18. The number of nitrogens with zero attached hydrogens (tertiary/aromatic N) is 5. The maximum atomic E-state index is 14.9. The van der Waals surface area contributed by atoms with Gasteiger partial charge < -0.3 is 33.9 Å². The molecule has 0 saturated heterocycles. The van der Waals surface area contributed by atoms with Crippen LogP contribution in [0.3, 0.4) is 0 Å². The lowest BCUT2D eigenvalue weighted by Crippen LogP contribution is -2.35. The Morgan fingerprint density at radius 3 is 1.62 bits per heavy atom. The number of nitrogens with one attached hydrogen (secondary N) is 1. The van der Waals surface area contributed by atoms with Gasteiger partial charge >= 0.3 is 6.09 Å². The molecule has 0 aliphatic heterocycles. The minimum Gasteiger partial charge on any atom is -0.491 e. The third-order valence-corrected chi connectivity index (χ3v) is 10.2. The second-order valence-corrected chi connectivity index (χ2v) is 17.0. The summed E-state index contributed by atoms with van der Waals surface area (Å²) < 4.78 is 62.5. The second-order valence-electron chi connectivity index (χ2n) is 15.2. The molecule has 0 aliphatic rings. The molecule has 6 aromatic rings. The van der Waals surface area contributed by atoms with Crippen LogP contribution in [0.25, 0.3) is 44.3 Å². The molecule has 4 aromatic carbocycles. The first-order valence-corrected chi connectivity index (χ1v) is 21.6. The lowest BCUT2D eigenvalue weighted by atomic mass is 10.1. The molecule has 16 heteroatoms. The van der Waals surface area contributed by atoms with Crippen LogP contribution in [-0.4, -0.2) is 103 Å². The zero-order valence-corrected chi connectivity index (χ0v) is 38.9. The highest BCUT2D eigenvalue weighted by atomic mass is 79.9. The summed E-state index contributed by atoms with van der Waals surface area (Å²) in [6.45, 7) is 9.64. The van der Waals surface area contributed by atoms with Gasteiger partial charge in [0.1, 0.15) is 53.3 Å². The van der Waals surface area contributed by atoms with Crippen molar-refractivity contribution in [2.45, 2.75) is 39.2 Å². The van der Waals surface area contributed by atoms with E-state index >= 15 is 0 Å². The third-order valence-electron chi connectivity index (χ3n) is 9.21. The topological polar surface area (TPSA) is 114 Å². The standard InChI is InChI=1S/C25H31BrFN3O4.C20H23BrFN3O2/c1-25(2,3)34-24(31)29(4)11-6-12-32-13-14-33-18-8-10-19(21(27)16-18)23-20-9-7-17(26)15-22(20)30(5)28-23;1-23-8-3-9-26-10-11-27-15-5-7-16(18(22)13-15)20-17-6-4-14(21)12-19(17)25(2)24-20/h7-10,15-16H,6,11-14H2,1-5H3;4-7,12-13,23H,3,8-11H2,1-2H3. The van der Waals surface area contributed by atoms with E-state index in [0.717, 1.165) is 43.7 Å². The Kier molecular flexibility index (Phi) is 17.5. The van der Waals surface area contributed by atoms with Crippen molar-refractivity contribution in [3.05, 3.63) is 93.4 Å². The van der Waals surface area contributed by atoms with E-state index in [1.165, 1.54) is 17.0 Å². The molecule has 0 bridgehead atoms. The average molecular weight is 973 g/mol. The molecule has 0 radical (unpaired) electrons. The van der Waals surface area contributed by atoms with E-state index in [2.05, 4.69) is 47.4 Å². The van der Waals surface area contributed by atoms with E-state index in [1.54, 1.807) is 40.7 Å². The molecule has 0 aliphatic carbocycles. The van der Waals surface area contributed by atoms with E-state index < -0.39 is 11.4 Å². The predicted molar refractivity (Wildman–Crippen MR) is 242 cm³/mol. The molecule has 1 amide bonds. The average Bonchev–Trinajstić information content (AvgIpc) is 3.71. The fourth-order valence-electron chi connectivity index (χ4n) is 6.24. The fraction of sp³-hybridized carbons (Fsp3) is 0.400. The molecule has 0 fully saturated rings. The van der Waals surface area contributed by atoms with Crippen molar-refractivity contribution in [3.8, 4) is 34.0 Å². The number of fused-ring (bicyclic) bond motifs is 2.